The summed E-state index contributed by atoms with van der Waals surface area (Å²) >= 11 is 6.49. The molecule has 2 aliphatic rings. The Balaban J connectivity index is 1.54. The number of rotatable bonds is 3. The van der Waals surface area contributed by atoms with Crippen molar-refractivity contribution < 1.29 is 0 Å². The van der Waals surface area contributed by atoms with Gasteiger partial charge in [-0.25, -0.2) is 4.98 Å². The number of hydrogen-bond donors (Lipinski definition) is 2. The van der Waals surface area contributed by atoms with Crippen molar-refractivity contribution in [3.05, 3.63) is 27.6 Å². The molecule has 1 saturated carbocycles. The van der Waals surface area contributed by atoms with E-state index in [1.807, 2.05) is 0 Å². The van der Waals surface area contributed by atoms with Gasteiger partial charge in [0.1, 0.15) is 16.9 Å². The number of pyridine rings is 1. The Kier molecular flexibility index (Phi) is 4.69. The second-order valence-electron chi connectivity index (χ2n) is 8.54. The topological polar surface area (TPSA) is 91.7 Å². The van der Waals surface area contributed by atoms with E-state index in [2.05, 4.69) is 25.4 Å². The molecule has 9 heteroatoms. The first-order chi connectivity index (χ1) is 14.5. The number of H-pyrrole nitrogens is 1. The van der Waals surface area contributed by atoms with Crippen molar-refractivity contribution in [2.75, 3.05) is 30.4 Å². The highest BCUT2D eigenvalue weighted by Crippen LogP contribution is 2.46. The number of aromatic nitrogens is 5. The monoisotopic (exact) mass is 427 g/mol. The van der Waals surface area contributed by atoms with Crippen LogP contribution in [0.25, 0.3) is 22.3 Å². The van der Waals surface area contributed by atoms with Crippen LogP contribution in [0.5, 0.6) is 0 Å². The van der Waals surface area contributed by atoms with Crippen LogP contribution in [-0.2, 0) is 7.05 Å². The summed E-state index contributed by atoms with van der Waals surface area (Å²) in [5.41, 5.74) is 2.03. The highest BCUT2D eigenvalue weighted by atomic mass is 35.5. The van der Waals surface area contributed by atoms with Crippen molar-refractivity contribution in [1.82, 2.24) is 24.7 Å². The maximum absolute atomic E-state index is 13.3. The first-order valence-corrected chi connectivity index (χ1v) is 10.9. The van der Waals surface area contributed by atoms with Crippen LogP contribution in [0.2, 0.25) is 5.02 Å². The third-order valence-electron chi connectivity index (χ3n) is 6.93. The minimum atomic E-state index is -0.126. The molecule has 8 nitrogen and oxygen atoms in total. The molecule has 1 spiro atoms. The fraction of sp³-hybridized carbons (Fsp3) is 0.524. The highest BCUT2D eigenvalue weighted by Gasteiger charge is 2.37. The molecule has 0 aromatic carbocycles. The van der Waals surface area contributed by atoms with E-state index in [-0.39, 0.29) is 5.56 Å². The lowest BCUT2D eigenvalue weighted by Crippen LogP contribution is -2.41. The number of aromatic amines is 1. The van der Waals surface area contributed by atoms with Gasteiger partial charge in [0.15, 0.2) is 5.65 Å². The molecular formula is C21H26ClN7O. The standard InChI is InChI=1S/C21H26ClN7O/c1-23-18-15(22)13(5-10-24-18)16-14-17(27-26-16)25-20(28(2)19(14)30)29-11-8-21(9-12-29)6-3-4-7-21/h5,10H,3-4,6-9,11-12H2,1-2H3,(H,23,24)(H,26,27). The third-order valence-corrected chi connectivity index (χ3v) is 7.31. The van der Waals surface area contributed by atoms with Crippen molar-refractivity contribution >= 4 is 34.4 Å². The van der Waals surface area contributed by atoms with E-state index >= 15 is 0 Å². The Labute approximate surface area is 179 Å². The summed E-state index contributed by atoms with van der Waals surface area (Å²) in [6.45, 7) is 1.88. The molecule has 1 aliphatic heterocycles. The summed E-state index contributed by atoms with van der Waals surface area (Å²) in [4.78, 5) is 24.6. The van der Waals surface area contributed by atoms with Crippen molar-refractivity contribution in [2.24, 2.45) is 12.5 Å². The van der Waals surface area contributed by atoms with Crippen LogP contribution in [0.15, 0.2) is 17.1 Å². The summed E-state index contributed by atoms with van der Waals surface area (Å²) in [5, 5.41) is 11.2. The summed E-state index contributed by atoms with van der Waals surface area (Å²) < 4.78 is 1.64. The van der Waals surface area contributed by atoms with Gasteiger partial charge in [-0.05, 0) is 37.2 Å². The van der Waals surface area contributed by atoms with Gasteiger partial charge in [-0.2, -0.15) is 10.1 Å². The highest BCUT2D eigenvalue weighted by molar-refractivity contribution is 6.35. The quantitative estimate of drug-likeness (QED) is 0.663. The Hall–Kier alpha value is -2.61. The van der Waals surface area contributed by atoms with Crippen molar-refractivity contribution in [1.29, 1.82) is 0 Å². The predicted octanol–water partition coefficient (Wildman–Crippen LogP) is 3.57. The summed E-state index contributed by atoms with van der Waals surface area (Å²) in [5.74, 6) is 1.24. The van der Waals surface area contributed by atoms with Crippen LogP contribution < -0.4 is 15.8 Å². The Morgan fingerprint density at radius 3 is 2.63 bits per heavy atom. The van der Waals surface area contributed by atoms with Gasteiger partial charge >= 0.3 is 0 Å². The van der Waals surface area contributed by atoms with E-state index < -0.39 is 0 Å². The molecule has 0 amide bonds. The molecule has 5 rings (SSSR count). The lowest BCUT2D eigenvalue weighted by molar-refractivity contribution is 0.225. The van der Waals surface area contributed by atoms with E-state index in [0.29, 0.717) is 44.5 Å². The summed E-state index contributed by atoms with van der Waals surface area (Å²) in [6.07, 6.45) is 9.39. The Bertz CT molecular complexity index is 1150. The summed E-state index contributed by atoms with van der Waals surface area (Å²) in [6, 6.07) is 1.76. The zero-order valence-electron chi connectivity index (χ0n) is 17.3. The van der Waals surface area contributed by atoms with Crippen LogP contribution >= 0.6 is 11.6 Å². The number of piperidine rings is 1. The van der Waals surface area contributed by atoms with Crippen LogP contribution in [0, 0.1) is 5.41 Å². The average Bonchev–Trinajstić information content (AvgIpc) is 3.39. The number of halogens is 1. The SMILES string of the molecule is CNc1nccc(-c2n[nH]c3nc(N4CCC5(CCCC5)CC4)n(C)c(=O)c23)c1Cl. The molecule has 0 unspecified atom stereocenters. The average molecular weight is 428 g/mol. The van der Waals surface area contributed by atoms with Gasteiger partial charge < -0.3 is 10.2 Å². The third kappa shape index (κ3) is 2.96. The van der Waals surface area contributed by atoms with Crippen LogP contribution in [0.4, 0.5) is 11.8 Å². The van der Waals surface area contributed by atoms with Gasteiger partial charge in [-0.15, -0.1) is 0 Å². The molecule has 3 aromatic rings. The van der Waals surface area contributed by atoms with Gasteiger partial charge in [0, 0.05) is 38.9 Å². The first-order valence-electron chi connectivity index (χ1n) is 10.6. The molecule has 4 heterocycles. The molecule has 158 valence electrons. The predicted molar refractivity (Wildman–Crippen MR) is 119 cm³/mol. The van der Waals surface area contributed by atoms with Crippen molar-refractivity contribution in [3.8, 4) is 11.3 Å². The van der Waals surface area contributed by atoms with Gasteiger partial charge in [-0.3, -0.25) is 14.5 Å². The van der Waals surface area contributed by atoms with Crippen LogP contribution in [0.1, 0.15) is 38.5 Å². The van der Waals surface area contributed by atoms with E-state index in [9.17, 15) is 4.79 Å². The van der Waals surface area contributed by atoms with E-state index in [1.165, 1.54) is 38.5 Å². The molecule has 30 heavy (non-hydrogen) atoms. The second kappa shape index (κ2) is 7.27. The Morgan fingerprint density at radius 1 is 1.20 bits per heavy atom. The number of fused-ring (bicyclic) bond motifs is 1. The zero-order chi connectivity index (χ0) is 20.9. The van der Waals surface area contributed by atoms with Crippen molar-refractivity contribution in [3.63, 3.8) is 0 Å². The fourth-order valence-electron chi connectivity index (χ4n) is 5.13. The smallest absolute Gasteiger partial charge is 0.266 e. The molecule has 1 saturated heterocycles. The number of nitrogens with zero attached hydrogens (tertiary/aromatic N) is 5. The van der Waals surface area contributed by atoms with Crippen LogP contribution in [-0.4, -0.2) is 44.9 Å². The molecular weight excluding hydrogens is 402 g/mol. The van der Waals surface area contributed by atoms with Gasteiger partial charge in [0.2, 0.25) is 5.95 Å². The maximum Gasteiger partial charge on any atom is 0.266 e. The van der Waals surface area contributed by atoms with Crippen molar-refractivity contribution in [2.45, 2.75) is 38.5 Å². The Morgan fingerprint density at radius 2 is 1.93 bits per heavy atom. The molecule has 1 aliphatic carbocycles. The zero-order valence-corrected chi connectivity index (χ0v) is 18.1. The lowest BCUT2D eigenvalue weighted by atomic mass is 9.77. The van der Waals surface area contributed by atoms with Gasteiger partial charge in [0.25, 0.3) is 5.56 Å². The maximum atomic E-state index is 13.3. The largest absolute Gasteiger partial charge is 0.372 e. The molecule has 0 atom stereocenters. The summed E-state index contributed by atoms with van der Waals surface area (Å²) in [7, 11) is 3.54. The van der Waals surface area contributed by atoms with Gasteiger partial charge in [0.05, 0.1) is 5.02 Å². The molecule has 0 bridgehead atoms. The normalized spacial score (nSPS) is 18.4. The number of hydrogen-bond acceptors (Lipinski definition) is 6. The minimum Gasteiger partial charge on any atom is -0.372 e. The number of nitrogens with one attached hydrogen (secondary N) is 2. The number of anilines is 2. The minimum absolute atomic E-state index is 0.126. The van der Waals surface area contributed by atoms with Crippen LogP contribution in [0.3, 0.4) is 0 Å². The lowest BCUT2D eigenvalue weighted by Gasteiger charge is -2.40. The van der Waals surface area contributed by atoms with E-state index in [0.717, 1.165) is 13.1 Å². The van der Waals surface area contributed by atoms with E-state index in [4.69, 9.17) is 16.6 Å². The molecule has 2 N–H and O–H groups in total. The molecule has 0 radical (unpaired) electrons. The van der Waals surface area contributed by atoms with E-state index in [1.54, 1.807) is 30.9 Å². The molecule has 3 aromatic heterocycles. The molecule has 2 fully saturated rings. The van der Waals surface area contributed by atoms with Gasteiger partial charge in [-0.1, -0.05) is 24.4 Å². The second-order valence-corrected chi connectivity index (χ2v) is 8.92. The fourth-order valence-corrected chi connectivity index (χ4v) is 5.43. The first kappa shape index (κ1) is 19.4.